The van der Waals surface area contributed by atoms with Gasteiger partial charge < -0.3 is 20.1 Å². The first kappa shape index (κ1) is 13.7. The van der Waals surface area contributed by atoms with E-state index in [2.05, 4.69) is 10.3 Å². The normalized spacial score (nSPS) is 14.3. The number of aromatic nitrogens is 2. The maximum Gasteiger partial charge on any atom is 0.0991 e. The van der Waals surface area contributed by atoms with Crippen LogP contribution >= 0.6 is 0 Å². The predicted molar refractivity (Wildman–Crippen MR) is 73.1 cm³/mol. The second kappa shape index (κ2) is 6.47. The van der Waals surface area contributed by atoms with E-state index in [-0.39, 0.29) is 12.6 Å². The Balaban J connectivity index is 1.98. The number of nitrogens with one attached hydrogen (secondary N) is 1. The molecule has 2 rings (SSSR count). The van der Waals surface area contributed by atoms with E-state index in [0.29, 0.717) is 6.54 Å². The third kappa shape index (κ3) is 3.64. The van der Waals surface area contributed by atoms with Crippen LogP contribution in [0.15, 0.2) is 43.0 Å². The molecule has 2 aromatic rings. The van der Waals surface area contributed by atoms with E-state index < -0.39 is 6.10 Å². The lowest BCUT2D eigenvalue weighted by atomic mass is 10.1. The fourth-order valence-electron chi connectivity index (χ4n) is 1.84. The topological polar surface area (TPSA) is 70.3 Å². The van der Waals surface area contributed by atoms with Gasteiger partial charge in [-0.1, -0.05) is 12.1 Å². The second-order valence-electron chi connectivity index (χ2n) is 4.53. The zero-order chi connectivity index (χ0) is 13.7. The minimum atomic E-state index is -0.715. The molecule has 1 aromatic heterocycles. The molecule has 5 heteroatoms. The Kier molecular flexibility index (Phi) is 4.68. The summed E-state index contributed by atoms with van der Waals surface area (Å²) in [5.41, 5.74) is 2.19. The number of hydrogen-bond acceptors (Lipinski definition) is 4. The monoisotopic (exact) mass is 261 g/mol. The van der Waals surface area contributed by atoms with Crippen LogP contribution in [-0.4, -0.2) is 39.0 Å². The van der Waals surface area contributed by atoms with Crippen LogP contribution in [-0.2, 0) is 0 Å². The van der Waals surface area contributed by atoms with E-state index in [4.69, 9.17) is 5.11 Å². The Morgan fingerprint density at radius 3 is 2.63 bits per heavy atom. The molecule has 102 valence electrons. The highest BCUT2D eigenvalue weighted by molar-refractivity contribution is 5.35. The number of aliphatic hydroxyl groups excluding tert-OH is 2. The highest BCUT2D eigenvalue weighted by Crippen LogP contribution is 2.15. The van der Waals surface area contributed by atoms with E-state index >= 15 is 0 Å². The second-order valence-corrected chi connectivity index (χ2v) is 4.53. The third-order valence-electron chi connectivity index (χ3n) is 3.07. The van der Waals surface area contributed by atoms with Gasteiger partial charge in [-0.25, -0.2) is 4.98 Å². The fourth-order valence-corrected chi connectivity index (χ4v) is 1.84. The van der Waals surface area contributed by atoms with Crippen LogP contribution in [0.25, 0.3) is 5.69 Å². The van der Waals surface area contributed by atoms with Gasteiger partial charge in [0.25, 0.3) is 0 Å². The highest BCUT2D eigenvalue weighted by Gasteiger charge is 2.08. The Morgan fingerprint density at radius 1 is 1.32 bits per heavy atom. The summed E-state index contributed by atoms with van der Waals surface area (Å²) in [5, 5.41) is 21.2. The van der Waals surface area contributed by atoms with Crippen molar-refractivity contribution in [1.29, 1.82) is 0 Å². The Hall–Kier alpha value is -1.69. The molecule has 1 heterocycles. The maximum absolute atomic E-state index is 9.30. The number of nitrogens with zero attached hydrogens (tertiary/aromatic N) is 2. The standard InChI is InChI=1S/C14H19N3O2/c1-11(16-8-14(19)9-18)12-2-4-13(5-3-12)17-7-6-15-10-17/h2-7,10-11,14,16,18-19H,8-9H2,1H3/t11-,14+/m1/s1. The molecule has 0 unspecified atom stereocenters. The summed E-state index contributed by atoms with van der Waals surface area (Å²) in [4.78, 5) is 4.01. The van der Waals surface area contributed by atoms with Crippen molar-refractivity contribution in [3.05, 3.63) is 48.5 Å². The van der Waals surface area contributed by atoms with Crippen molar-refractivity contribution in [3.63, 3.8) is 0 Å². The van der Waals surface area contributed by atoms with Crippen LogP contribution in [0, 0.1) is 0 Å². The molecule has 2 atom stereocenters. The summed E-state index contributed by atoms with van der Waals surface area (Å²) in [6.45, 7) is 2.18. The van der Waals surface area contributed by atoms with Crippen LogP contribution in [0.3, 0.4) is 0 Å². The zero-order valence-corrected chi connectivity index (χ0v) is 10.9. The molecule has 0 fully saturated rings. The number of aliphatic hydroxyl groups is 2. The lowest BCUT2D eigenvalue weighted by Gasteiger charge is -2.16. The SMILES string of the molecule is C[C@@H](NC[C@H](O)CO)c1ccc(-n2ccnc2)cc1. The Bertz CT molecular complexity index is 482. The third-order valence-corrected chi connectivity index (χ3v) is 3.07. The molecular weight excluding hydrogens is 242 g/mol. The summed E-state index contributed by atoms with van der Waals surface area (Å²) < 4.78 is 1.94. The van der Waals surface area contributed by atoms with Gasteiger partial charge in [0, 0.05) is 30.7 Å². The molecule has 0 bridgehead atoms. The molecule has 0 saturated heterocycles. The predicted octanol–water partition coefficient (Wildman–Crippen LogP) is 0.876. The lowest BCUT2D eigenvalue weighted by Crippen LogP contribution is -2.31. The van der Waals surface area contributed by atoms with Crippen molar-refractivity contribution in [2.24, 2.45) is 0 Å². The van der Waals surface area contributed by atoms with Crippen molar-refractivity contribution in [2.75, 3.05) is 13.2 Å². The molecule has 0 aliphatic rings. The van der Waals surface area contributed by atoms with E-state index in [1.807, 2.05) is 42.0 Å². The van der Waals surface area contributed by atoms with E-state index in [1.165, 1.54) is 0 Å². The van der Waals surface area contributed by atoms with Gasteiger partial charge >= 0.3 is 0 Å². The van der Waals surface area contributed by atoms with E-state index in [1.54, 1.807) is 12.5 Å². The maximum atomic E-state index is 9.30. The highest BCUT2D eigenvalue weighted by atomic mass is 16.3. The Morgan fingerprint density at radius 2 is 2.05 bits per heavy atom. The van der Waals surface area contributed by atoms with Crippen LogP contribution in [0.4, 0.5) is 0 Å². The smallest absolute Gasteiger partial charge is 0.0991 e. The van der Waals surface area contributed by atoms with Gasteiger partial charge in [-0.3, -0.25) is 0 Å². The van der Waals surface area contributed by atoms with Gasteiger partial charge in [0.15, 0.2) is 0 Å². The molecule has 1 aromatic carbocycles. The van der Waals surface area contributed by atoms with Gasteiger partial charge in [-0.15, -0.1) is 0 Å². The molecule has 0 aliphatic heterocycles. The Labute approximate surface area is 112 Å². The average Bonchev–Trinajstić information content (AvgIpc) is 2.98. The van der Waals surface area contributed by atoms with Crippen molar-refractivity contribution in [3.8, 4) is 5.69 Å². The minimum Gasteiger partial charge on any atom is -0.394 e. The van der Waals surface area contributed by atoms with Crippen molar-refractivity contribution >= 4 is 0 Å². The first-order valence-corrected chi connectivity index (χ1v) is 6.31. The fraction of sp³-hybridized carbons (Fsp3) is 0.357. The van der Waals surface area contributed by atoms with Crippen LogP contribution < -0.4 is 5.32 Å². The molecule has 19 heavy (non-hydrogen) atoms. The molecule has 0 spiro atoms. The van der Waals surface area contributed by atoms with Crippen LogP contribution in [0.2, 0.25) is 0 Å². The molecule has 5 nitrogen and oxygen atoms in total. The van der Waals surface area contributed by atoms with E-state index in [9.17, 15) is 5.11 Å². The largest absolute Gasteiger partial charge is 0.394 e. The average molecular weight is 261 g/mol. The molecular formula is C14H19N3O2. The van der Waals surface area contributed by atoms with Gasteiger partial charge in [0.1, 0.15) is 0 Å². The first-order chi connectivity index (χ1) is 9.20. The molecule has 0 saturated carbocycles. The van der Waals surface area contributed by atoms with Crippen LogP contribution in [0.1, 0.15) is 18.5 Å². The molecule has 0 amide bonds. The molecule has 0 radical (unpaired) electrons. The lowest BCUT2D eigenvalue weighted by molar-refractivity contribution is 0.0924. The van der Waals surface area contributed by atoms with Crippen LogP contribution in [0.5, 0.6) is 0 Å². The summed E-state index contributed by atoms with van der Waals surface area (Å²) in [6.07, 6.45) is 4.68. The van der Waals surface area contributed by atoms with Gasteiger partial charge in [-0.2, -0.15) is 0 Å². The minimum absolute atomic E-state index is 0.123. The van der Waals surface area contributed by atoms with Gasteiger partial charge in [0.2, 0.25) is 0 Å². The number of imidazole rings is 1. The number of hydrogen-bond donors (Lipinski definition) is 3. The van der Waals surface area contributed by atoms with Crippen molar-refractivity contribution in [2.45, 2.75) is 19.1 Å². The zero-order valence-electron chi connectivity index (χ0n) is 10.9. The number of benzene rings is 1. The summed E-state index contributed by atoms with van der Waals surface area (Å²) in [5.74, 6) is 0. The molecule has 3 N–H and O–H groups in total. The van der Waals surface area contributed by atoms with Crippen molar-refractivity contribution in [1.82, 2.24) is 14.9 Å². The molecule has 0 aliphatic carbocycles. The summed E-state index contributed by atoms with van der Waals surface area (Å²) in [7, 11) is 0. The van der Waals surface area contributed by atoms with Gasteiger partial charge in [-0.05, 0) is 24.6 Å². The summed E-state index contributed by atoms with van der Waals surface area (Å²) in [6, 6.07) is 8.25. The summed E-state index contributed by atoms with van der Waals surface area (Å²) >= 11 is 0. The van der Waals surface area contributed by atoms with E-state index in [0.717, 1.165) is 11.3 Å². The van der Waals surface area contributed by atoms with Crippen molar-refractivity contribution < 1.29 is 10.2 Å². The van der Waals surface area contributed by atoms with Gasteiger partial charge in [0.05, 0.1) is 19.0 Å². The number of rotatable bonds is 6. The quantitative estimate of drug-likeness (QED) is 0.722. The first-order valence-electron chi connectivity index (χ1n) is 6.31.